The first kappa shape index (κ1) is 20.3. The molecule has 0 aliphatic carbocycles. The first-order valence-corrected chi connectivity index (χ1v) is 10.6. The molecule has 31 heavy (non-hydrogen) atoms. The van der Waals surface area contributed by atoms with E-state index in [0.717, 1.165) is 0 Å². The number of nitrogens with zero attached hydrogens (tertiary/aromatic N) is 3. The summed E-state index contributed by atoms with van der Waals surface area (Å²) in [6.45, 7) is -0.435. The second-order valence-corrected chi connectivity index (χ2v) is 8.17. The minimum absolute atomic E-state index is 0.0117. The molecule has 10 nitrogen and oxygen atoms in total. The van der Waals surface area contributed by atoms with E-state index >= 15 is 0 Å². The van der Waals surface area contributed by atoms with E-state index < -0.39 is 15.9 Å². The summed E-state index contributed by atoms with van der Waals surface area (Å²) in [4.78, 5) is 33.9. The van der Waals surface area contributed by atoms with E-state index in [1.54, 1.807) is 24.3 Å². The van der Waals surface area contributed by atoms with Gasteiger partial charge in [-0.2, -0.15) is 0 Å². The Morgan fingerprint density at radius 3 is 2.55 bits per heavy atom. The van der Waals surface area contributed by atoms with Crippen LogP contribution in [0, 0.1) is 0 Å². The molecule has 3 aromatic rings. The van der Waals surface area contributed by atoms with Crippen LogP contribution in [0.1, 0.15) is 0 Å². The van der Waals surface area contributed by atoms with Crippen molar-refractivity contribution in [1.29, 1.82) is 0 Å². The highest BCUT2D eigenvalue weighted by atomic mass is 32.2. The number of ether oxygens (including phenoxy) is 1. The molecule has 2 aromatic heterocycles. The van der Waals surface area contributed by atoms with Crippen molar-refractivity contribution in [3.63, 3.8) is 0 Å². The summed E-state index contributed by atoms with van der Waals surface area (Å²) < 4.78 is 32.6. The number of sulfonamides is 1. The fraction of sp³-hybridized carbons (Fsp3) is 0.100. The van der Waals surface area contributed by atoms with E-state index in [0.29, 0.717) is 11.4 Å². The summed E-state index contributed by atoms with van der Waals surface area (Å²) in [7, 11) is -3.82. The van der Waals surface area contributed by atoms with Crippen molar-refractivity contribution in [2.45, 2.75) is 4.90 Å². The van der Waals surface area contributed by atoms with Crippen molar-refractivity contribution in [2.75, 3.05) is 28.1 Å². The van der Waals surface area contributed by atoms with E-state index in [1.807, 2.05) is 0 Å². The Bertz CT molecular complexity index is 1220. The molecule has 0 bridgehead atoms. The molecule has 0 spiro atoms. The topological polar surface area (TPSA) is 131 Å². The molecule has 11 heteroatoms. The molecular weight excluding hydrogens is 422 g/mol. The van der Waals surface area contributed by atoms with E-state index in [4.69, 9.17) is 4.74 Å². The zero-order chi connectivity index (χ0) is 21.8. The maximum Gasteiger partial charge on any atom is 0.266 e. The highest BCUT2D eigenvalue weighted by Crippen LogP contribution is 2.28. The molecule has 3 heterocycles. The Balaban J connectivity index is 1.42. The van der Waals surface area contributed by atoms with E-state index in [-0.39, 0.29) is 35.6 Å². The standard InChI is InChI=1S/C20H17N5O5S/c26-18(12-25-19(27)13-30-16-4-3-11-22-20(16)25)23-14-6-8-15(9-7-14)31(28,29)24-17-5-1-2-10-21-17/h1-11H,12-13H2,(H,21,24)(H,23,26). The highest BCUT2D eigenvalue weighted by Gasteiger charge is 2.28. The Hall–Kier alpha value is -3.99. The number of hydrogen-bond acceptors (Lipinski definition) is 7. The van der Waals surface area contributed by atoms with Gasteiger partial charge in [0.25, 0.3) is 15.9 Å². The predicted octanol–water partition coefficient (Wildman–Crippen LogP) is 1.64. The predicted molar refractivity (Wildman–Crippen MR) is 112 cm³/mol. The molecule has 4 rings (SSSR count). The van der Waals surface area contributed by atoms with Crippen LogP contribution in [0.5, 0.6) is 5.75 Å². The van der Waals surface area contributed by atoms with Crippen LogP contribution in [0.15, 0.2) is 71.9 Å². The average Bonchev–Trinajstić information content (AvgIpc) is 2.76. The first-order valence-electron chi connectivity index (χ1n) is 9.14. The van der Waals surface area contributed by atoms with Gasteiger partial charge in [-0.25, -0.2) is 18.4 Å². The van der Waals surface area contributed by atoms with E-state index in [1.165, 1.54) is 47.6 Å². The van der Waals surface area contributed by atoms with Crippen molar-refractivity contribution in [1.82, 2.24) is 9.97 Å². The summed E-state index contributed by atoms with van der Waals surface area (Å²) >= 11 is 0. The molecule has 0 saturated carbocycles. The smallest absolute Gasteiger partial charge is 0.266 e. The first-order chi connectivity index (χ1) is 14.9. The maximum absolute atomic E-state index is 12.4. The van der Waals surface area contributed by atoms with E-state index in [2.05, 4.69) is 20.0 Å². The van der Waals surface area contributed by atoms with Crippen LogP contribution in [0.25, 0.3) is 0 Å². The molecule has 1 aromatic carbocycles. The summed E-state index contributed by atoms with van der Waals surface area (Å²) in [5, 5.41) is 2.64. The molecular formula is C20H17N5O5S. The van der Waals surface area contributed by atoms with Gasteiger partial charge < -0.3 is 10.1 Å². The number of carbonyl (C=O) groups is 2. The van der Waals surface area contributed by atoms with Crippen LogP contribution in [0.2, 0.25) is 0 Å². The molecule has 1 aliphatic rings. The van der Waals surface area contributed by atoms with Crippen LogP contribution >= 0.6 is 0 Å². The van der Waals surface area contributed by atoms with Gasteiger partial charge >= 0.3 is 0 Å². The van der Waals surface area contributed by atoms with Gasteiger partial charge in [0, 0.05) is 18.1 Å². The number of rotatable bonds is 6. The molecule has 158 valence electrons. The van der Waals surface area contributed by atoms with Crippen LogP contribution in [-0.4, -0.2) is 43.4 Å². The van der Waals surface area contributed by atoms with Crippen LogP contribution in [0.4, 0.5) is 17.3 Å². The summed E-state index contributed by atoms with van der Waals surface area (Å²) in [6.07, 6.45) is 2.98. The number of carbonyl (C=O) groups excluding carboxylic acids is 2. The third-order valence-corrected chi connectivity index (χ3v) is 5.68. The zero-order valence-corrected chi connectivity index (χ0v) is 16.9. The molecule has 0 atom stereocenters. The summed E-state index contributed by atoms with van der Waals surface area (Å²) in [6, 6.07) is 13.8. The van der Waals surface area contributed by atoms with Crippen LogP contribution in [-0.2, 0) is 19.6 Å². The third-order valence-electron chi connectivity index (χ3n) is 4.31. The van der Waals surface area contributed by atoms with Gasteiger partial charge in [-0.15, -0.1) is 0 Å². The zero-order valence-electron chi connectivity index (χ0n) is 16.1. The number of hydrogen-bond donors (Lipinski definition) is 2. The minimum atomic E-state index is -3.82. The number of fused-ring (bicyclic) bond motifs is 1. The lowest BCUT2D eigenvalue weighted by atomic mass is 10.3. The van der Waals surface area contributed by atoms with Crippen molar-refractivity contribution in [2.24, 2.45) is 0 Å². The second kappa shape index (κ2) is 8.40. The lowest BCUT2D eigenvalue weighted by Gasteiger charge is -2.27. The van der Waals surface area contributed by atoms with E-state index in [9.17, 15) is 18.0 Å². The summed E-state index contributed by atoms with van der Waals surface area (Å²) in [5.74, 6) is 0.0437. The monoisotopic (exact) mass is 439 g/mol. The Morgan fingerprint density at radius 1 is 1.03 bits per heavy atom. The molecule has 0 radical (unpaired) electrons. The fourth-order valence-corrected chi connectivity index (χ4v) is 3.89. The van der Waals surface area contributed by atoms with Crippen LogP contribution < -0.4 is 19.7 Å². The largest absolute Gasteiger partial charge is 0.480 e. The molecule has 0 fully saturated rings. The number of amides is 2. The van der Waals surface area contributed by atoms with Crippen molar-refractivity contribution in [3.05, 3.63) is 67.0 Å². The van der Waals surface area contributed by atoms with Gasteiger partial charge in [-0.3, -0.25) is 19.2 Å². The third kappa shape index (κ3) is 4.61. The van der Waals surface area contributed by atoms with Gasteiger partial charge in [0.2, 0.25) is 5.91 Å². The van der Waals surface area contributed by atoms with Gasteiger partial charge in [-0.1, -0.05) is 6.07 Å². The second-order valence-electron chi connectivity index (χ2n) is 6.49. The van der Waals surface area contributed by atoms with Gasteiger partial charge in [0.05, 0.1) is 4.90 Å². The molecule has 2 amide bonds. The number of benzene rings is 1. The quantitative estimate of drug-likeness (QED) is 0.597. The summed E-state index contributed by atoms with van der Waals surface area (Å²) in [5.41, 5.74) is 0.378. The Kier molecular flexibility index (Phi) is 5.50. The number of aromatic nitrogens is 2. The van der Waals surface area contributed by atoms with Crippen molar-refractivity contribution < 1.29 is 22.7 Å². The molecule has 0 saturated heterocycles. The van der Waals surface area contributed by atoms with Crippen LogP contribution in [0.3, 0.4) is 0 Å². The minimum Gasteiger partial charge on any atom is -0.480 e. The SMILES string of the molecule is O=C(CN1C(=O)COc2cccnc21)Nc1ccc(S(=O)(=O)Nc2ccccn2)cc1. The maximum atomic E-state index is 12.4. The number of nitrogens with one attached hydrogen (secondary N) is 2. The molecule has 2 N–H and O–H groups in total. The van der Waals surface area contributed by atoms with Gasteiger partial charge in [0.15, 0.2) is 18.2 Å². The Labute approximate surface area is 177 Å². The Morgan fingerprint density at radius 2 is 1.81 bits per heavy atom. The van der Waals surface area contributed by atoms with Gasteiger partial charge in [-0.05, 0) is 48.5 Å². The number of anilines is 3. The number of pyridine rings is 2. The highest BCUT2D eigenvalue weighted by molar-refractivity contribution is 7.92. The van der Waals surface area contributed by atoms with Gasteiger partial charge in [0.1, 0.15) is 12.4 Å². The average molecular weight is 439 g/mol. The lowest BCUT2D eigenvalue weighted by Crippen LogP contribution is -2.43. The fourth-order valence-electron chi connectivity index (χ4n) is 2.88. The lowest BCUT2D eigenvalue weighted by molar-refractivity contribution is -0.123. The van der Waals surface area contributed by atoms with Crippen molar-refractivity contribution >= 4 is 39.2 Å². The molecule has 0 unspecified atom stereocenters. The molecule has 1 aliphatic heterocycles. The van der Waals surface area contributed by atoms with Crippen molar-refractivity contribution in [3.8, 4) is 5.75 Å². The normalized spacial score (nSPS) is 13.2.